The van der Waals surface area contributed by atoms with Gasteiger partial charge >= 0.3 is 5.97 Å². The van der Waals surface area contributed by atoms with Gasteiger partial charge in [0.15, 0.2) is 0 Å². The Balaban J connectivity index is 2.29. The second-order valence-corrected chi connectivity index (χ2v) is 12.1. The minimum atomic E-state index is -1.30. The molecule has 2 heterocycles. The Kier molecular flexibility index (Phi) is 10.8. The van der Waals surface area contributed by atoms with Crippen LogP contribution in [0.3, 0.4) is 0 Å². The third-order valence-corrected chi connectivity index (χ3v) is 7.15. The Hall–Kier alpha value is -2.40. The van der Waals surface area contributed by atoms with Gasteiger partial charge in [-0.1, -0.05) is 33.8 Å². The Bertz CT molecular complexity index is 942. The molecular weight excluding hydrogens is 488 g/mol. The van der Waals surface area contributed by atoms with Crippen LogP contribution in [0.15, 0.2) is 17.5 Å². The maximum atomic E-state index is 13.1. The smallest absolute Gasteiger partial charge is 0.329 e. The van der Waals surface area contributed by atoms with Gasteiger partial charge in [0.25, 0.3) is 5.91 Å². The lowest BCUT2D eigenvalue weighted by molar-refractivity contribution is -0.153. The molecule has 0 fully saturated rings. The molecule has 35 heavy (non-hydrogen) atoms. The summed E-state index contributed by atoms with van der Waals surface area (Å²) in [5.74, 6) is -1.36. The van der Waals surface area contributed by atoms with Gasteiger partial charge in [0.1, 0.15) is 28.4 Å². The number of fused-ring (bicyclic) bond motifs is 2. The van der Waals surface area contributed by atoms with Crippen molar-refractivity contribution in [2.24, 2.45) is 5.92 Å². The number of allylic oxidation sites excluding steroid dienone is 1. The molecule has 0 aliphatic carbocycles. The number of cyclic esters (lactones) is 1. The minimum Gasteiger partial charge on any atom is -0.456 e. The van der Waals surface area contributed by atoms with Crippen molar-refractivity contribution in [1.29, 1.82) is 0 Å². The summed E-state index contributed by atoms with van der Waals surface area (Å²) in [6.07, 6.45) is 3.57. The Morgan fingerprint density at radius 1 is 1.23 bits per heavy atom. The van der Waals surface area contributed by atoms with Gasteiger partial charge in [-0.05, 0) is 43.3 Å². The second-order valence-electron chi connectivity index (χ2n) is 9.49. The van der Waals surface area contributed by atoms with Crippen LogP contribution < -0.4 is 16.0 Å². The molecule has 194 valence electrons. The van der Waals surface area contributed by atoms with Crippen LogP contribution in [-0.2, 0) is 25.7 Å². The van der Waals surface area contributed by atoms with Crippen LogP contribution in [-0.4, -0.2) is 57.4 Å². The number of nitrogens with zero attached hydrogens (tertiary/aromatic N) is 1. The third kappa shape index (κ3) is 9.29. The molecule has 3 amide bonds. The summed E-state index contributed by atoms with van der Waals surface area (Å²) in [6.45, 7) is 11.1. The molecule has 2 bridgehead atoms. The van der Waals surface area contributed by atoms with E-state index in [-0.39, 0.29) is 30.5 Å². The molecule has 3 N–H and O–H groups in total. The second kappa shape index (κ2) is 13.1. The van der Waals surface area contributed by atoms with E-state index >= 15 is 0 Å². The van der Waals surface area contributed by atoms with Crippen LogP contribution in [0.1, 0.15) is 69.9 Å². The van der Waals surface area contributed by atoms with Crippen molar-refractivity contribution in [2.45, 2.75) is 83.9 Å². The summed E-state index contributed by atoms with van der Waals surface area (Å²) in [5, 5.41) is 10.8. The first-order valence-corrected chi connectivity index (χ1v) is 13.6. The molecule has 0 radical (unpaired) electrons. The van der Waals surface area contributed by atoms with Gasteiger partial charge in [-0.15, -0.1) is 11.3 Å². The molecule has 0 spiro atoms. The molecule has 0 saturated carbocycles. The molecule has 0 aromatic carbocycles. The number of nitrogens with one attached hydrogen (secondary N) is 3. The lowest BCUT2D eigenvalue weighted by atomic mass is 9.99. The molecule has 2 rings (SSSR count). The molecule has 0 saturated heterocycles. The lowest BCUT2D eigenvalue weighted by Crippen LogP contribution is -2.59. The molecule has 9 nitrogen and oxygen atoms in total. The fourth-order valence-corrected chi connectivity index (χ4v) is 4.60. The fraction of sp³-hybridized carbons (Fsp3) is 0.625. The minimum absolute atomic E-state index is 0.0669. The van der Waals surface area contributed by atoms with Gasteiger partial charge in [0, 0.05) is 5.38 Å². The van der Waals surface area contributed by atoms with Crippen molar-refractivity contribution in [1.82, 2.24) is 20.9 Å². The fourth-order valence-electron chi connectivity index (χ4n) is 3.14. The van der Waals surface area contributed by atoms with E-state index in [4.69, 9.17) is 4.74 Å². The van der Waals surface area contributed by atoms with E-state index < -0.39 is 35.5 Å². The van der Waals surface area contributed by atoms with E-state index in [9.17, 15) is 19.2 Å². The normalized spacial score (nSPS) is 22.2. The van der Waals surface area contributed by atoms with Crippen molar-refractivity contribution >= 4 is 46.8 Å². The van der Waals surface area contributed by atoms with E-state index in [1.54, 1.807) is 39.2 Å². The topological polar surface area (TPSA) is 126 Å². The average molecular weight is 525 g/mol. The lowest BCUT2D eigenvalue weighted by Gasteiger charge is -2.29. The maximum absolute atomic E-state index is 13.1. The first kappa shape index (κ1) is 28.8. The van der Waals surface area contributed by atoms with E-state index in [2.05, 4.69) is 34.8 Å². The molecule has 1 aliphatic rings. The zero-order valence-corrected chi connectivity index (χ0v) is 22.8. The molecule has 0 unspecified atom stereocenters. The highest BCUT2D eigenvalue weighted by molar-refractivity contribution is 7.99. The summed E-state index contributed by atoms with van der Waals surface area (Å²) >= 11 is 3.05. The first-order valence-electron chi connectivity index (χ1n) is 11.7. The number of amides is 3. The summed E-state index contributed by atoms with van der Waals surface area (Å²) in [7, 11) is 0. The number of ether oxygens (including phenoxy) is 1. The molecule has 1 aromatic heterocycles. The number of thioether (sulfide) groups is 1. The van der Waals surface area contributed by atoms with Crippen molar-refractivity contribution in [3.8, 4) is 0 Å². The number of esters is 1. The summed E-state index contributed by atoms with van der Waals surface area (Å²) in [5.41, 5.74) is -1.14. The highest BCUT2D eigenvalue weighted by Gasteiger charge is 2.36. The monoisotopic (exact) mass is 524 g/mol. The molecule has 1 aliphatic heterocycles. The van der Waals surface area contributed by atoms with Crippen LogP contribution in [0.5, 0.6) is 0 Å². The highest BCUT2D eigenvalue weighted by atomic mass is 32.2. The number of carbonyl (C=O) groups is 4. The van der Waals surface area contributed by atoms with Gasteiger partial charge in [0.2, 0.25) is 11.8 Å². The summed E-state index contributed by atoms with van der Waals surface area (Å²) < 4.78 is 5.68. The van der Waals surface area contributed by atoms with Crippen molar-refractivity contribution in [2.75, 3.05) is 5.75 Å². The highest BCUT2D eigenvalue weighted by Crippen LogP contribution is 2.16. The predicted molar refractivity (Wildman–Crippen MR) is 138 cm³/mol. The standard InChI is InChI=1S/C24H36N4O5S2/c1-14(2)20-22(31)33-16(9-7-8-10-34-15(3)4)11-18(29)25-12-19-26-17(13-35-19)21(30)28-24(5,6)23(32)27-20/h7,9,13-16,20H,8,10-12H2,1-6H3,(H,25,29)(H,27,32)(H,28,30)/b9-7+/t16-,20+/m1/s1. The molecule has 1 aromatic rings. The van der Waals surface area contributed by atoms with Crippen LogP contribution in [0.4, 0.5) is 0 Å². The third-order valence-electron chi connectivity index (χ3n) is 5.16. The average Bonchev–Trinajstić information content (AvgIpc) is 3.23. The van der Waals surface area contributed by atoms with Gasteiger partial charge in [-0.25, -0.2) is 9.78 Å². The van der Waals surface area contributed by atoms with Crippen LogP contribution in [0, 0.1) is 5.92 Å². The van der Waals surface area contributed by atoms with Crippen LogP contribution in [0.2, 0.25) is 0 Å². The van der Waals surface area contributed by atoms with E-state index in [1.807, 2.05) is 17.8 Å². The number of rotatable bonds is 6. The predicted octanol–water partition coefficient (Wildman–Crippen LogP) is 2.81. The quantitative estimate of drug-likeness (QED) is 0.297. The first-order chi connectivity index (χ1) is 16.4. The van der Waals surface area contributed by atoms with Crippen LogP contribution >= 0.6 is 23.1 Å². The van der Waals surface area contributed by atoms with Crippen LogP contribution in [0.25, 0.3) is 0 Å². The Morgan fingerprint density at radius 2 is 1.94 bits per heavy atom. The Labute approximate surface area is 215 Å². The number of hydrogen-bond acceptors (Lipinski definition) is 8. The number of hydrogen-bond donors (Lipinski definition) is 3. The van der Waals surface area contributed by atoms with Crippen molar-refractivity contribution < 1.29 is 23.9 Å². The Morgan fingerprint density at radius 3 is 2.60 bits per heavy atom. The van der Waals surface area contributed by atoms with Crippen molar-refractivity contribution in [3.63, 3.8) is 0 Å². The van der Waals surface area contributed by atoms with E-state index in [1.165, 1.54) is 11.3 Å². The van der Waals surface area contributed by atoms with Crippen molar-refractivity contribution in [3.05, 3.63) is 28.2 Å². The summed E-state index contributed by atoms with van der Waals surface area (Å²) in [4.78, 5) is 55.5. The van der Waals surface area contributed by atoms with Gasteiger partial charge in [-0.2, -0.15) is 11.8 Å². The number of thiazole rings is 1. The number of carbonyl (C=O) groups excluding carboxylic acids is 4. The molecule has 11 heteroatoms. The van der Waals surface area contributed by atoms with Gasteiger partial charge in [0.05, 0.1) is 13.0 Å². The number of aromatic nitrogens is 1. The zero-order valence-electron chi connectivity index (χ0n) is 21.2. The SMILES string of the molecule is CC(C)SCC/C=C/[C@@H]1CC(=O)NCc2nc(cs2)C(=O)NC(C)(C)C(=O)N[C@@H](C(C)C)C(=O)O1. The molecular formula is C24H36N4O5S2. The summed E-state index contributed by atoms with van der Waals surface area (Å²) in [6, 6.07) is -0.951. The van der Waals surface area contributed by atoms with Gasteiger partial charge < -0.3 is 20.7 Å². The van der Waals surface area contributed by atoms with E-state index in [0.717, 1.165) is 12.2 Å². The van der Waals surface area contributed by atoms with Gasteiger partial charge in [-0.3, -0.25) is 14.4 Å². The molecule has 2 atom stereocenters. The largest absolute Gasteiger partial charge is 0.456 e. The zero-order chi connectivity index (χ0) is 26.2. The van der Waals surface area contributed by atoms with E-state index in [0.29, 0.717) is 10.3 Å². The maximum Gasteiger partial charge on any atom is 0.329 e.